The number of hydrogen-bond donors (Lipinski definition) is 1. The third kappa shape index (κ3) is 3.62. The molecule has 0 aliphatic carbocycles. The molecule has 1 atom stereocenters. The number of halogens is 2. The van der Waals surface area contributed by atoms with Crippen molar-refractivity contribution in [3.05, 3.63) is 21.8 Å². The van der Waals surface area contributed by atoms with Crippen LogP contribution in [-0.2, 0) is 9.53 Å². The van der Waals surface area contributed by atoms with Crippen molar-refractivity contribution in [1.29, 1.82) is 0 Å². The van der Waals surface area contributed by atoms with Gasteiger partial charge in [0.25, 0.3) is 0 Å². The predicted octanol–water partition coefficient (Wildman–Crippen LogP) is 2.23. The maximum atomic E-state index is 12.2. The summed E-state index contributed by atoms with van der Waals surface area (Å²) in [5, 5.41) is 3.46. The highest BCUT2D eigenvalue weighted by atomic mass is 79.9. The minimum atomic E-state index is -0.361. The van der Waals surface area contributed by atoms with Gasteiger partial charge in [0.2, 0.25) is 5.91 Å². The fraction of sp³-hybridized carbons (Fsp3) is 0.538. The normalized spacial score (nSPS) is 18.9. The fourth-order valence-electron chi connectivity index (χ4n) is 2.06. The van der Waals surface area contributed by atoms with Crippen molar-refractivity contribution in [2.24, 2.45) is 0 Å². The molecule has 1 N–H and O–H groups in total. The average Bonchev–Trinajstić information content (AvgIpc) is 2.45. The van der Waals surface area contributed by atoms with Gasteiger partial charge in [0.15, 0.2) is 0 Å². The molecule has 1 fully saturated rings. The monoisotopic (exact) mass is 361 g/mol. The maximum Gasteiger partial charge on any atom is 0.245 e. The van der Waals surface area contributed by atoms with Crippen molar-refractivity contribution in [1.82, 2.24) is 10.3 Å². The number of nitrogens with one attached hydrogen (secondary N) is 1. The molecule has 1 aromatic heterocycles. The van der Waals surface area contributed by atoms with E-state index in [0.717, 1.165) is 10.9 Å². The molecule has 1 aliphatic heterocycles. The van der Waals surface area contributed by atoms with Crippen LogP contribution >= 0.6 is 27.5 Å². The third-order valence-corrected chi connectivity index (χ3v) is 3.83. The van der Waals surface area contributed by atoms with E-state index in [4.69, 9.17) is 16.3 Å². The van der Waals surface area contributed by atoms with Gasteiger partial charge in [0.05, 0.1) is 22.7 Å². The van der Waals surface area contributed by atoms with E-state index < -0.39 is 0 Å². The van der Waals surface area contributed by atoms with Crippen molar-refractivity contribution in [3.8, 4) is 0 Å². The fourth-order valence-corrected chi connectivity index (χ4v) is 2.93. The molecule has 2 rings (SSSR count). The summed E-state index contributed by atoms with van der Waals surface area (Å²) >= 11 is 9.36. The SMILES string of the molecule is CCCNC(=O)C1COCCN1c1ncc(Cl)cc1Br. The van der Waals surface area contributed by atoms with Crippen molar-refractivity contribution in [3.63, 3.8) is 0 Å². The number of carbonyl (C=O) groups excluding carboxylic acids is 1. The molecule has 1 saturated heterocycles. The number of pyridine rings is 1. The minimum absolute atomic E-state index is 0.0322. The largest absolute Gasteiger partial charge is 0.377 e. The Labute approximate surface area is 131 Å². The number of aromatic nitrogens is 1. The van der Waals surface area contributed by atoms with Crippen LogP contribution in [0.25, 0.3) is 0 Å². The van der Waals surface area contributed by atoms with Crippen LogP contribution in [0.1, 0.15) is 13.3 Å². The second-order valence-electron chi connectivity index (χ2n) is 4.53. The number of nitrogens with zero attached hydrogens (tertiary/aromatic N) is 2. The van der Waals surface area contributed by atoms with Crippen LogP contribution < -0.4 is 10.2 Å². The lowest BCUT2D eigenvalue weighted by molar-refractivity contribution is -0.124. The molecule has 0 spiro atoms. The van der Waals surface area contributed by atoms with Crippen LogP contribution in [0, 0.1) is 0 Å². The van der Waals surface area contributed by atoms with Gasteiger partial charge in [-0.05, 0) is 28.4 Å². The molecule has 1 aromatic rings. The summed E-state index contributed by atoms with van der Waals surface area (Å²) in [5.74, 6) is 0.685. The lowest BCUT2D eigenvalue weighted by Gasteiger charge is -2.35. The van der Waals surface area contributed by atoms with Gasteiger partial charge in [-0.25, -0.2) is 4.98 Å². The Balaban J connectivity index is 2.19. The van der Waals surface area contributed by atoms with Gasteiger partial charge in [0.1, 0.15) is 11.9 Å². The van der Waals surface area contributed by atoms with Gasteiger partial charge in [0, 0.05) is 19.3 Å². The number of hydrogen-bond acceptors (Lipinski definition) is 4. The molecule has 0 bridgehead atoms. The Kier molecular flexibility index (Phi) is 5.63. The van der Waals surface area contributed by atoms with Crippen LogP contribution in [0.2, 0.25) is 5.02 Å². The van der Waals surface area contributed by atoms with E-state index in [0.29, 0.717) is 37.1 Å². The summed E-state index contributed by atoms with van der Waals surface area (Å²) in [6.07, 6.45) is 2.49. The van der Waals surface area contributed by atoms with Crippen molar-refractivity contribution < 1.29 is 9.53 Å². The lowest BCUT2D eigenvalue weighted by atomic mass is 10.2. The van der Waals surface area contributed by atoms with Crippen LogP contribution in [-0.4, -0.2) is 43.2 Å². The number of ether oxygens (including phenoxy) is 1. The topological polar surface area (TPSA) is 54.5 Å². The van der Waals surface area contributed by atoms with Crippen molar-refractivity contribution in [2.75, 3.05) is 31.2 Å². The highest BCUT2D eigenvalue weighted by molar-refractivity contribution is 9.10. The molecule has 7 heteroatoms. The summed E-state index contributed by atoms with van der Waals surface area (Å²) in [5.41, 5.74) is 0. The van der Waals surface area contributed by atoms with Gasteiger partial charge in [-0.3, -0.25) is 4.79 Å². The van der Waals surface area contributed by atoms with E-state index in [1.807, 2.05) is 11.8 Å². The quantitative estimate of drug-likeness (QED) is 0.892. The minimum Gasteiger partial charge on any atom is -0.377 e. The number of anilines is 1. The van der Waals surface area contributed by atoms with Crippen LogP contribution in [0.4, 0.5) is 5.82 Å². The molecule has 1 amide bonds. The van der Waals surface area contributed by atoms with Crippen molar-refractivity contribution >= 4 is 39.3 Å². The van der Waals surface area contributed by atoms with Gasteiger partial charge in [-0.1, -0.05) is 18.5 Å². The maximum absolute atomic E-state index is 12.2. The summed E-state index contributed by atoms with van der Waals surface area (Å²) in [7, 11) is 0. The van der Waals surface area contributed by atoms with E-state index in [-0.39, 0.29) is 11.9 Å². The van der Waals surface area contributed by atoms with Gasteiger partial charge in [-0.2, -0.15) is 0 Å². The molecule has 1 aliphatic rings. The zero-order valence-electron chi connectivity index (χ0n) is 11.2. The number of carbonyl (C=O) groups is 1. The molecule has 1 unspecified atom stereocenters. The Morgan fingerprint density at radius 1 is 1.70 bits per heavy atom. The summed E-state index contributed by atoms with van der Waals surface area (Å²) in [6.45, 7) is 4.25. The Morgan fingerprint density at radius 2 is 2.50 bits per heavy atom. The van der Waals surface area contributed by atoms with Gasteiger partial charge < -0.3 is 15.0 Å². The van der Waals surface area contributed by atoms with Crippen molar-refractivity contribution in [2.45, 2.75) is 19.4 Å². The molecule has 5 nitrogen and oxygen atoms in total. The van der Waals surface area contributed by atoms with Crippen LogP contribution in [0.3, 0.4) is 0 Å². The van der Waals surface area contributed by atoms with Crippen LogP contribution in [0.15, 0.2) is 16.7 Å². The third-order valence-electron chi connectivity index (χ3n) is 3.04. The van der Waals surface area contributed by atoms with E-state index in [1.165, 1.54) is 0 Å². The molecule has 110 valence electrons. The first-order chi connectivity index (χ1) is 9.63. The number of rotatable bonds is 4. The van der Waals surface area contributed by atoms with Gasteiger partial charge >= 0.3 is 0 Å². The Morgan fingerprint density at radius 3 is 3.20 bits per heavy atom. The number of amides is 1. The first-order valence-electron chi connectivity index (χ1n) is 6.56. The molecule has 0 radical (unpaired) electrons. The van der Waals surface area contributed by atoms with E-state index >= 15 is 0 Å². The molecular formula is C13H17BrClN3O2. The summed E-state index contributed by atoms with van der Waals surface area (Å²) in [6, 6.07) is 1.42. The highest BCUT2D eigenvalue weighted by Crippen LogP contribution is 2.28. The summed E-state index contributed by atoms with van der Waals surface area (Å²) < 4.78 is 6.20. The van der Waals surface area contributed by atoms with Crippen LogP contribution in [0.5, 0.6) is 0 Å². The zero-order valence-corrected chi connectivity index (χ0v) is 13.6. The predicted molar refractivity (Wildman–Crippen MR) is 82.2 cm³/mol. The highest BCUT2D eigenvalue weighted by Gasteiger charge is 2.31. The molecule has 20 heavy (non-hydrogen) atoms. The molecule has 0 saturated carbocycles. The molecular weight excluding hydrogens is 346 g/mol. The van der Waals surface area contributed by atoms with E-state index in [9.17, 15) is 4.79 Å². The zero-order chi connectivity index (χ0) is 14.5. The second kappa shape index (κ2) is 7.24. The first-order valence-corrected chi connectivity index (χ1v) is 7.73. The Bertz CT molecular complexity index is 487. The van der Waals surface area contributed by atoms with E-state index in [2.05, 4.69) is 26.2 Å². The second-order valence-corrected chi connectivity index (χ2v) is 5.82. The first kappa shape index (κ1) is 15.5. The molecule has 2 heterocycles. The summed E-state index contributed by atoms with van der Waals surface area (Å²) in [4.78, 5) is 18.5. The lowest BCUT2D eigenvalue weighted by Crippen LogP contribution is -2.54. The Hall–Kier alpha value is -0.850. The smallest absolute Gasteiger partial charge is 0.245 e. The standard InChI is InChI=1S/C13H17BrClN3O2/c1-2-3-16-13(19)11-8-20-5-4-18(11)12-10(14)6-9(15)7-17-12/h6-7,11H,2-5,8H2,1H3,(H,16,19). The number of morpholine rings is 1. The average molecular weight is 363 g/mol. The van der Waals surface area contributed by atoms with Gasteiger partial charge in [-0.15, -0.1) is 0 Å². The van der Waals surface area contributed by atoms with E-state index in [1.54, 1.807) is 12.3 Å². The molecule has 0 aromatic carbocycles.